The highest BCUT2D eigenvalue weighted by Crippen LogP contribution is 2.29. The van der Waals surface area contributed by atoms with Crippen LogP contribution < -0.4 is 5.32 Å². The summed E-state index contributed by atoms with van der Waals surface area (Å²) >= 11 is 0. The molecule has 3 rings (SSSR count). The number of carbonyl (C=O) groups excluding carboxylic acids is 2. The maximum atomic E-state index is 12.8. The van der Waals surface area contributed by atoms with Crippen molar-refractivity contribution < 1.29 is 9.59 Å². The van der Waals surface area contributed by atoms with Crippen LogP contribution in [-0.2, 0) is 4.79 Å². The lowest BCUT2D eigenvalue weighted by Crippen LogP contribution is -2.57. The van der Waals surface area contributed by atoms with Crippen LogP contribution >= 0.6 is 0 Å². The normalized spacial score (nSPS) is 22.7. The van der Waals surface area contributed by atoms with Crippen LogP contribution in [-0.4, -0.2) is 46.0 Å². The Hall–Kier alpha value is -1.98. The topological polar surface area (TPSA) is 75.2 Å². The monoisotopic (exact) mass is 316 g/mol. The number of amides is 2. The summed E-state index contributed by atoms with van der Waals surface area (Å²) in [5, 5.41) is 10.8. The van der Waals surface area contributed by atoms with E-state index in [4.69, 9.17) is 0 Å². The summed E-state index contributed by atoms with van der Waals surface area (Å²) in [6, 6.07) is 3.09. The van der Waals surface area contributed by atoms with Gasteiger partial charge in [0, 0.05) is 13.1 Å². The largest absolute Gasteiger partial charge is 0.353 e. The lowest BCUT2D eigenvalue weighted by molar-refractivity contribution is -0.128. The van der Waals surface area contributed by atoms with Gasteiger partial charge in [0.2, 0.25) is 5.91 Å². The average Bonchev–Trinajstić information content (AvgIpc) is 2.58. The predicted molar refractivity (Wildman–Crippen MR) is 85.8 cm³/mol. The van der Waals surface area contributed by atoms with E-state index in [0.717, 1.165) is 25.0 Å². The number of nitrogens with zero attached hydrogens (tertiary/aromatic N) is 3. The second-order valence-corrected chi connectivity index (χ2v) is 6.61. The fraction of sp³-hybridized carbons (Fsp3) is 0.647. The van der Waals surface area contributed by atoms with Crippen molar-refractivity contribution in [2.24, 2.45) is 5.92 Å². The third-order valence-electron chi connectivity index (χ3n) is 4.89. The van der Waals surface area contributed by atoms with Crippen LogP contribution in [0.25, 0.3) is 0 Å². The summed E-state index contributed by atoms with van der Waals surface area (Å²) in [6.07, 6.45) is 6.84. The number of nitrogens with one attached hydrogen (secondary N) is 1. The van der Waals surface area contributed by atoms with E-state index in [-0.39, 0.29) is 17.9 Å². The minimum absolute atomic E-state index is 0.0322. The standard InChI is InChI=1S/C17H24N4O2/c1-12-7-8-14(20-19-12)17(23)21-10-9-18-16(22)15(21)11-13-5-3-2-4-6-13/h7-8,13,15H,2-6,9-11H2,1H3,(H,18,22)/t15-/m0/s1. The van der Waals surface area contributed by atoms with Crippen LogP contribution in [0.2, 0.25) is 0 Å². The number of carbonyl (C=O) groups is 2. The highest BCUT2D eigenvalue weighted by atomic mass is 16.2. The summed E-state index contributed by atoms with van der Waals surface area (Å²) in [5.41, 5.74) is 1.09. The van der Waals surface area contributed by atoms with Gasteiger partial charge < -0.3 is 10.2 Å². The molecule has 0 bridgehead atoms. The molecular weight excluding hydrogens is 292 g/mol. The molecule has 1 saturated carbocycles. The third-order valence-corrected chi connectivity index (χ3v) is 4.89. The Morgan fingerprint density at radius 3 is 2.74 bits per heavy atom. The zero-order chi connectivity index (χ0) is 16.2. The van der Waals surface area contributed by atoms with E-state index < -0.39 is 0 Å². The van der Waals surface area contributed by atoms with Crippen LogP contribution in [0.3, 0.4) is 0 Å². The van der Waals surface area contributed by atoms with Gasteiger partial charge in [-0.15, -0.1) is 5.10 Å². The van der Waals surface area contributed by atoms with Gasteiger partial charge >= 0.3 is 0 Å². The molecule has 2 heterocycles. The van der Waals surface area contributed by atoms with Crippen molar-refractivity contribution in [1.29, 1.82) is 0 Å². The molecule has 1 aromatic rings. The molecule has 1 saturated heterocycles. The number of aromatic nitrogens is 2. The number of hydrogen-bond donors (Lipinski definition) is 1. The third kappa shape index (κ3) is 3.68. The second kappa shape index (κ2) is 7.06. The van der Waals surface area contributed by atoms with E-state index in [1.807, 2.05) is 6.92 Å². The SMILES string of the molecule is Cc1ccc(C(=O)N2CCNC(=O)[C@@H]2CC2CCCCC2)nn1. The molecule has 0 radical (unpaired) electrons. The van der Waals surface area contributed by atoms with Crippen molar-refractivity contribution in [3.63, 3.8) is 0 Å². The molecule has 1 N–H and O–H groups in total. The van der Waals surface area contributed by atoms with E-state index in [1.54, 1.807) is 17.0 Å². The van der Waals surface area contributed by atoms with Gasteiger partial charge in [-0.25, -0.2) is 0 Å². The summed E-state index contributed by atoms with van der Waals surface area (Å²) < 4.78 is 0. The molecule has 0 aromatic carbocycles. The molecule has 6 heteroatoms. The second-order valence-electron chi connectivity index (χ2n) is 6.61. The van der Waals surface area contributed by atoms with Crippen molar-refractivity contribution >= 4 is 11.8 Å². The molecule has 1 atom stereocenters. The highest BCUT2D eigenvalue weighted by Gasteiger charge is 2.35. The van der Waals surface area contributed by atoms with Crippen molar-refractivity contribution in [2.45, 2.75) is 51.5 Å². The first-order chi connectivity index (χ1) is 11.1. The molecule has 124 valence electrons. The smallest absolute Gasteiger partial charge is 0.275 e. The Labute approximate surface area is 136 Å². The van der Waals surface area contributed by atoms with E-state index in [9.17, 15) is 9.59 Å². The summed E-state index contributed by atoms with van der Waals surface area (Å²) in [5.74, 6) is 0.320. The van der Waals surface area contributed by atoms with Gasteiger partial charge in [0.15, 0.2) is 5.69 Å². The van der Waals surface area contributed by atoms with Crippen LogP contribution in [0.4, 0.5) is 0 Å². The number of rotatable bonds is 3. The molecule has 2 fully saturated rings. The minimum Gasteiger partial charge on any atom is -0.353 e. The lowest BCUT2D eigenvalue weighted by Gasteiger charge is -2.37. The molecule has 0 unspecified atom stereocenters. The Bertz CT molecular complexity index is 566. The minimum atomic E-state index is -0.373. The Kier molecular flexibility index (Phi) is 4.88. The summed E-state index contributed by atoms with van der Waals surface area (Å²) in [7, 11) is 0. The van der Waals surface area contributed by atoms with Crippen LogP contribution in [0.1, 0.15) is 54.7 Å². The van der Waals surface area contributed by atoms with Crippen LogP contribution in [0.5, 0.6) is 0 Å². The van der Waals surface area contributed by atoms with Gasteiger partial charge in [-0.2, -0.15) is 5.10 Å². The Morgan fingerprint density at radius 1 is 1.26 bits per heavy atom. The Morgan fingerprint density at radius 2 is 2.04 bits per heavy atom. The maximum absolute atomic E-state index is 12.8. The first-order valence-electron chi connectivity index (χ1n) is 8.54. The van der Waals surface area contributed by atoms with E-state index >= 15 is 0 Å². The van der Waals surface area contributed by atoms with E-state index in [0.29, 0.717) is 24.7 Å². The van der Waals surface area contributed by atoms with Crippen molar-refractivity contribution in [1.82, 2.24) is 20.4 Å². The van der Waals surface area contributed by atoms with E-state index in [1.165, 1.54) is 19.3 Å². The van der Waals surface area contributed by atoms with E-state index in [2.05, 4.69) is 15.5 Å². The zero-order valence-corrected chi connectivity index (χ0v) is 13.6. The first-order valence-corrected chi connectivity index (χ1v) is 8.54. The lowest BCUT2D eigenvalue weighted by atomic mass is 9.84. The quantitative estimate of drug-likeness (QED) is 0.921. The summed E-state index contributed by atoms with van der Waals surface area (Å²) in [4.78, 5) is 26.8. The molecule has 2 aliphatic rings. The fourth-order valence-corrected chi connectivity index (χ4v) is 3.59. The molecule has 1 aliphatic heterocycles. The molecule has 1 aromatic heterocycles. The van der Waals surface area contributed by atoms with Crippen molar-refractivity contribution in [2.75, 3.05) is 13.1 Å². The number of aryl methyl sites for hydroxylation is 1. The van der Waals surface area contributed by atoms with Gasteiger partial charge in [-0.05, 0) is 31.4 Å². The molecule has 23 heavy (non-hydrogen) atoms. The molecular formula is C17H24N4O2. The predicted octanol–water partition coefficient (Wildman–Crippen LogP) is 1.70. The van der Waals surface area contributed by atoms with Gasteiger partial charge in [0.25, 0.3) is 5.91 Å². The zero-order valence-electron chi connectivity index (χ0n) is 13.6. The number of piperazine rings is 1. The number of hydrogen-bond acceptors (Lipinski definition) is 4. The molecule has 1 aliphatic carbocycles. The highest BCUT2D eigenvalue weighted by molar-refractivity contribution is 5.96. The molecule has 0 spiro atoms. The first kappa shape index (κ1) is 15.9. The maximum Gasteiger partial charge on any atom is 0.275 e. The Balaban J connectivity index is 1.75. The van der Waals surface area contributed by atoms with Gasteiger partial charge in [0.1, 0.15) is 6.04 Å². The molecule has 6 nitrogen and oxygen atoms in total. The average molecular weight is 316 g/mol. The van der Waals surface area contributed by atoms with Crippen molar-refractivity contribution in [3.05, 3.63) is 23.5 Å². The van der Waals surface area contributed by atoms with Crippen LogP contribution in [0, 0.1) is 12.8 Å². The van der Waals surface area contributed by atoms with Crippen LogP contribution in [0.15, 0.2) is 12.1 Å². The van der Waals surface area contributed by atoms with Gasteiger partial charge in [0.05, 0.1) is 5.69 Å². The fourth-order valence-electron chi connectivity index (χ4n) is 3.59. The van der Waals surface area contributed by atoms with Gasteiger partial charge in [-0.1, -0.05) is 32.1 Å². The molecule has 2 amide bonds. The van der Waals surface area contributed by atoms with Crippen molar-refractivity contribution in [3.8, 4) is 0 Å². The summed E-state index contributed by atoms with van der Waals surface area (Å²) in [6.45, 7) is 2.88. The van der Waals surface area contributed by atoms with Gasteiger partial charge in [-0.3, -0.25) is 9.59 Å².